The third-order valence-corrected chi connectivity index (χ3v) is 3.49. The van der Waals surface area contributed by atoms with Gasteiger partial charge in [0.1, 0.15) is 17.9 Å². The van der Waals surface area contributed by atoms with Gasteiger partial charge in [0, 0.05) is 19.0 Å². The molecule has 0 aliphatic carbocycles. The van der Waals surface area contributed by atoms with Crippen LogP contribution in [-0.4, -0.2) is 26.4 Å². The van der Waals surface area contributed by atoms with Gasteiger partial charge in [0.15, 0.2) is 12.0 Å². The average Bonchev–Trinajstić information content (AvgIpc) is 2.93. The first kappa shape index (κ1) is 17.5. The van der Waals surface area contributed by atoms with Crippen molar-refractivity contribution in [1.82, 2.24) is 9.55 Å². The van der Waals surface area contributed by atoms with Crippen molar-refractivity contribution in [3.8, 4) is 24.2 Å². The van der Waals surface area contributed by atoms with Gasteiger partial charge in [-0.3, -0.25) is 14.3 Å². The average molecular weight is 330 g/mol. The van der Waals surface area contributed by atoms with Gasteiger partial charge in [-0.05, 0) is 12.8 Å². The van der Waals surface area contributed by atoms with Gasteiger partial charge in [0.05, 0.1) is 6.42 Å². The number of aliphatic hydroxyl groups excluding tert-OH is 2. The molecule has 2 heterocycles. The Labute approximate surface area is 138 Å². The normalized spacial score (nSPS) is 16.2. The maximum absolute atomic E-state index is 11.9. The zero-order valence-corrected chi connectivity index (χ0v) is 13.0. The first-order valence-electron chi connectivity index (χ1n) is 7.53. The third kappa shape index (κ3) is 4.09. The van der Waals surface area contributed by atoms with E-state index >= 15 is 0 Å². The molecule has 0 saturated heterocycles. The summed E-state index contributed by atoms with van der Waals surface area (Å²) < 4.78 is 6.45. The highest BCUT2D eigenvalue weighted by molar-refractivity contribution is 5.29. The zero-order chi connectivity index (χ0) is 17.5. The number of terminal acetylenes is 1. The maximum atomic E-state index is 11.9. The fraction of sp³-hybridized carbons (Fsp3) is 0.412. The highest BCUT2D eigenvalue weighted by atomic mass is 16.5. The Balaban J connectivity index is 2.15. The quantitative estimate of drug-likeness (QED) is 0.546. The highest BCUT2D eigenvalue weighted by Gasteiger charge is 2.27. The molecule has 0 saturated carbocycles. The van der Waals surface area contributed by atoms with E-state index in [4.69, 9.17) is 16.3 Å². The number of aromatic nitrogens is 2. The van der Waals surface area contributed by atoms with Gasteiger partial charge in [0.25, 0.3) is 5.56 Å². The van der Waals surface area contributed by atoms with Gasteiger partial charge in [0.2, 0.25) is 0 Å². The number of hydrogen-bond acceptors (Lipinski definition) is 5. The number of ether oxygens (including phenoxy) is 1. The molecule has 7 heteroatoms. The van der Waals surface area contributed by atoms with E-state index in [0.29, 0.717) is 12.8 Å². The molecule has 0 spiro atoms. The number of aliphatic hydroxyl groups is 2. The van der Waals surface area contributed by atoms with Crippen molar-refractivity contribution in [2.75, 3.05) is 6.61 Å². The third-order valence-electron chi connectivity index (χ3n) is 3.49. The molecule has 1 aromatic rings. The summed E-state index contributed by atoms with van der Waals surface area (Å²) in [4.78, 5) is 25.9. The first-order chi connectivity index (χ1) is 11.6. The van der Waals surface area contributed by atoms with Crippen molar-refractivity contribution in [3.63, 3.8) is 0 Å². The predicted molar refractivity (Wildman–Crippen MR) is 87.0 cm³/mol. The zero-order valence-electron chi connectivity index (χ0n) is 13.0. The molecule has 1 aliphatic rings. The molecular formula is C17H18N2O5. The summed E-state index contributed by atoms with van der Waals surface area (Å²) in [7, 11) is 0. The minimum atomic E-state index is -0.826. The van der Waals surface area contributed by atoms with Crippen LogP contribution in [0.15, 0.2) is 27.3 Å². The summed E-state index contributed by atoms with van der Waals surface area (Å²) in [6, 6.07) is 0. The highest BCUT2D eigenvalue weighted by Crippen LogP contribution is 2.29. The lowest BCUT2D eigenvalue weighted by atomic mass is 10.2. The molecule has 24 heavy (non-hydrogen) atoms. The summed E-state index contributed by atoms with van der Waals surface area (Å²) in [6.45, 7) is -0.468. The molecule has 3 N–H and O–H groups in total. The van der Waals surface area contributed by atoms with Gasteiger partial charge >= 0.3 is 5.69 Å². The second-order valence-electron chi connectivity index (χ2n) is 5.23. The Bertz CT molecular complexity index is 845. The smallest absolute Gasteiger partial charge is 0.331 e. The molecule has 7 nitrogen and oxygen atoms in total. The van der Waals surface area contributed by atoms with Crippen molar-refractivity contribution >= 4 is 0 Å². The number of hydrogen-bond donors (Lipinski definition) is 3. The lowest BCUT2D eigenvalue weighted by Crippen LogP contribution is -2.33. The van der Waals surface area contributed by atoms with Crippen LogP contribution < -0.4 is 11.2 Å². The summed E-state index contributed by atoms with van der Waals surface area (Å²) in [6.07, 6.45) is 8.65. The Morgan fingerprint density at radius 2 is 2.12 bits per heavy atom. The lowest BCUT2D eigenvalue weighted by molar-refractivity contribution is 0.0591. The summed E-state index contributed by atoms with van der Waals surface area (Å²) in [5.41, 5.74) is -1.12. The van der Waals surface area contributed by atoms with Crippen LogP contribution in [0.25, 0.3) is 0 Å². The fourth-order valence-electron chi connectivity index (χ4n) is 2.22. The number of aromatic amines is 1. The van der Waals surface area contributed by atoms with Crippen LogP contribution in [-0.2, 0) is 4.74 Å². The molecular weight excluding hydrogens is 312 g/mol. The second-order valence-corrected chi connectivity index (χ2v) is 5.23. The molecule has 1 aliphatic heterocycles. The van der Waals surface area contributed by atoms with Crippen molar-refractivity contribution in [2.45, 2.75) is 38.3 Å². The van der Waals surface area contributed by atoms with E-state index in [2.05, 4.69) is 22.7 Å². The van der Waals surface area contributed by atoms with E-state index in [1.54, 1.807) is 0 Å². The molecule has 0 radical (unpaired) electrons. The van der Waals surface area contributed by atoms with Crippen molar-refractivity contribution < 1.29 is 14.9 Å². The minimum Gasteiger partial charge on any atom is -0.508 e. The van der Waals surface area contributed by atoms with E-state index in [1.807, 2.05) is 0 Å². The van der Waals surface area contributed by atoms with E-state index in [1.165, 1.54) is 6.20 Å². The van der Waals surface area contributed by atoms with Crippen LogP contribution in [0.4, 0.5) is 0 Å². The van der Waals surface area contributed by atoms with Gasteiger partial charge < -0.3 is 14.9 Å². The van der Waals surface area contributed by atoms with E-state index < -0.39 is 24.1 Å². The van der Waals surface area contributed by atoms with Crippen molar-refractivity contribution in [1.29, 1.82) is 0 Å². The minimum absolute atomic E-state index is 0.0132. The monoisotopic (exact) mass is 330 g/mol. The van der Waals surface area contributed by atoms with Crippen LogP contribution in [0, 0.1) is 24.2 Å². The Morgan fingerprint density at radius 3 is 2.79 bits per heavy atom. The molecule has 0 unspecified atom stereocenters. The maximum Gasteiger partial charge on any atom is 0.331 e. The van der Waals surface area contributed by atoms with Gasteiger partial charge in [-0.2, -0.15) is 0 Å². The molecule has 1 aromatic heterocycles. The number of H-pyrrole nitrogens is 1. The van der Waals surface area contributed by atoms with Crippen LogP contribution in [0.5, 0.6) is 0 Å². The van der Waals surface area contributed by atoms with E-state index in [-0.39, 0.29) is 23.5 Å². The molecule has 0 fully saturated rings. The lowest BCUT2D eigenvalue weighted by Gasteiger charge is -2.14. The standard InChI is InChI=1S/C17H18N2O5/c1-2-3-4-5-6-7-8-12-10-19(17(23)18-16(12)22)15-9-13(21)14(11-20)24-15/h1,10,15,20-21H,3-6,9,11H2,(H,18,22,23)/t15-/m1/s1. The number of unbranched alkanes of at least 4 members (excludes halogenated alkanes) is 3. The summed E-state index contributed by atoms with van der Waals surface area (Å²) in [5, 5.41) is 18.7. The van der Waals surface area contributed by atoms with E-state index in [9.17, 15) is 14.7 Å². The fourth-order valence-corrected chi connectivity index (χ4v) is 2.22. The van der Waals surface area contributed by atoms with Gasteiger partial charge in [-0.25, -0.2) is 4.79 Å². The number of rotatable bonds is 5. The molecule has 0 amide bonds. The number of nitrogens with one attached hydrogen (secondary N) is 1. The molecule has 2 rings (SSSR count). The van der Waals surface area contributed by atoms with Gasteiger partial charge in [-0.1, -0.05) is 11.8 Å². The SMILES string of the molecule is C#CCCCCC#Cc1cn([C@H]2CC(O)=C(CO)O2)c(=O)[nH]c1=O. The van der Waals surface area contributed by atoms with Crippen molar-refractivity contribution in [3.05, 3.63) is 44.1 Å². The predicted octanol–water partition coefficient (Wildman–Crippen LogP) is 0.762. The second kappa shape index (κ2) is 8.09. The Kier molecular flexibility index (Phi) is 5.89. The van der Waals surface area contributed by atoms with Crippen LogP contribution in [0.3, 0.4) is 0 Å². The van der Waals surface area contributed by atoms with Gasteiger partial charge in [-0.15, -0.1) is 12.3 Å². The molecule has 0 bridgehead atoms. The molecule has 126 valence electrons. The van der Waals surface area contributed by atoms with E-state index in [0.717, 1.165) is 17.4 Å². The Morgan fingerprint density at radius 1 is 1.38 bits per heavy atom. The molecule has 1 atom stereocenters. The summed E-state index contributed by atoms with van der Waals surface area (Å²) in [5.74, 6) is 8.04. The molecule has 0 aromatic carbocycles. The first-order valence-corrected chi connectivity index (χ1v) is 7.53. The topological polar surface area (TPSA) is 105 Å². The number of nitrogens with zero attached hydrogens (tertiary/aromatic N) is 1. The van der Waals surface area contributed by atoms with Crippen LogP contribution in [0.1, 0.15) is 43.9 Å². The summed E-state index contributed by atoms with van der Waals surface area (Å²) >= 11 is 0. The Hall–Kier alpha value is -2.90. The largest absolute Gasteiger partial charge is 0.508 e. The van der Waals surface area contributed by atoms with Crippen LogP contribution >= 0.6 is 0 Å². The van der Waals surface area contributed by atoms with Crippen molar-refractivity contribution in [2.24, 2.45) is 0 Å². The van der Waals surface area contributed by atoms with Crippen LogP contribution in [0.2, 0.25) is 0 Å².